The van der Waals surface area contributed by atoms with Gasteiger partial charge >= 0.3 is 0 Å². The van der Waals surface area contributed by atoms with Crippen LogP contribution in [0, 0.1) is 16.8 Å². The lowest BCUT2D eigenvalue weighted by atomic mass is 9.97. The van der Waals surface area contributed by atoms with Crippen molar-refractivity contribution in [1.29, 1.82) is 0 Å². The lowest BCUT2D eigenvalue weighted by Crippen LogP contribution is -2.38. The Hall–Kier alpha value is -2.07. The van der Waals surface area contributed by atoms with Crippen LogP contribution in [0.15, 0.2) is 30.3 Å². The van der Waals surface area contributed by atoms with Crippen LogP contribution >= 0.6 is 11.6 Å². The fourth-order valence-electron chi connectivity index (χ4n) is 4.47. The zero-order valence-electron chi connectivity index (χ0n) is 19.1. The average Bonchev–Trinajstić information content (AvgIpc) is 3.74. The van der Waals surface area contributed by atoms with Crippen molar-refractivity contribution in [3.63, 3.8) is 0 Å². The van der Waals surface area contributed by atoms with Crippen LogP contribution in [0.25, 0.3) is 0 Å². The van der Waals surface area contributed by atoms with Crippen LogP contribution in [0.4, 0.5) is 8.78 Å². The van der Waals surface area contributed by atoms with Gasteiger partial charge in [0, 0.05) is 19.6 Å². The third-order valence-corrected chi connectivity index (χ3v) is 8.56. The summed E-state index contributed by atoms with van der Waals surface area (Å²) in [6.07, 6.45) is 4.63. The van der Waals surface area contributed by atoms with Crippen molar-refractivity contribution in [3.05, 3.63) is 68.9 Å². The Morgan fingerprint density at radius 2 is 1.83 bits per heavy atom. The summed E-state index contributed by atoms with van der Waals surface area (Å²) in [6.45, 7) is 1.98. The number of halogens is 3. The molecule has 0 bridgehead atoms. The molecule has 1 unspecified atom stereocenters. The Bertz CT molecular complexity index is 1150. The Kier molecular flexibility index (Phi) is 7.12. The van der Waals surface area contributed by atoms with Gasteiger partial charge in [0.2, 0.25) is 0 Å². The van der Waals surface area contributed by atoms with Crippen molar-refractivity contribution in [3.8, 4) is 5.75 Å². The normalized spacial score (nSPS) is 20.0. The van der Waals surface area contributed by atoms with Gasteiger partial charge in [-0.15, -0.1) is 0 Å². The predicted octanol–water partition coefficient (Wildman–Crippen LogP) is 5.31. The van der Waals surface area contributed by atoms with Gasteiger partial charge in [0.1, 0.15) is 34.5 Å². The van der Waals surface area contributed by atoms with Gasteiger partial charge in [0.05, 0.1) is 15.8 Å². The van der Waals surface area contributed by atoms with E-state index in [0.29, 0.717) is 25.1 Å². The van der Waals surface area contributed by atoms with Gasteiger partial charge in [-0.3, -0.25) is 9.69 Å². The van der Waals surface area contributed by atoms with E-state index in [1.165, 1.54) is 30.3 Å². The number of hydrogen-bond acceptors (Lipinski definition) is 5. The number of rotatable bonds is 8. The Morgan fingerprint density at radius 1 is 1.11 bits per heavy atom. The fraction of sp³-hybridized carbons (Fsp3) is 0.480. The quantitative estimate of drug-likeness (QED) is 0.439. The number of hydroxylamine groups is 1. The summed E-state index contributed by atoms with van der Waals surface area (Å²) in [5, 5.41) is 12.2. The molecule has 10 heteroatoms. The van der Waals surface area contributed by atoms with E-state index >= 15 is 0 Å². The molecule has 0 radical (unpaired) electrons. The van der Waals surface area contributed by atoms with Crippen LogP contribution in [0.2, 0.25) is 5.02 Å². The Balaban J connectivity index is 1.24. The first kappa shape index (κ1) is 24.6. The van der Waals surface area contributed by atoms with Crippen molar-refractivity contribution < 1.29 is 22.5 Å². The molecule has 188 valence electrons. The second-order valence-corrected chi connectivity index (χ2v) is 11.5. The van der Waals surface area contributed by atoms with E-state index in [-0.39, 0.29) is 32.3 Å². The minimum absolute atomic E-state index is 0.0516. The summed E-state index contributed by atoms with van der Waals surface area (Å²) in [6, 6.07) is 6.92. The van der Waals surface area contributed by atoms with Crippen LogP contribution in [-0.2, 0) is 17.5 Å². The van der Waals surface area contributed by atoms with E-state index in [9.17, 15) is 23.0 Å². The van der Waals surface area contributed by atoms with Gasteiger partial charge in [-0.05, 0) is 85.9 Å². The van der Waals surface area contributed by atoms with Crippen LogP contribution in [0.5, 0.6) is 5.75 Å². The monoisotopic (exact) mass is 523 g/mol. The van der Waals surface area contributed by atoms with Crippen molar-refractivity contribution in [2.45, 2.75) is 62.3 Å². The summed E-state index contributed by atoms with van der Waals surface area (Å²) in [5.74, 6) is -1.54. The fourth-order valence-corrected chi connectivity index (χ4v) is 5.75. The van der Waals surface area contributed by atoms with E-state index in [0.717, 1.165) is 49.9 Å². The summed E-state index contributed by atoms with van der Waals surface area (Å²) >= 11 is 6.07. The standard InChI is InChI=1S/C25H26ClF2N2O4S/c26-22-12-17(27)3-6-24(22)34-18-7-9-29(10-8-18)14-16-11-23(28)21(13-20(16)15-1-2-15)25(31)30(32)35(33)19-4-5-19/h3,6,11-13,15,18-19H,1-2,4-5,7-10,14H2/q-1. The SMILES string of the molecule is O=C(c1cc(C2CC2)c(CN2CCC(Oc3ccc(F)cc3Cl)CC2)cc1F)N([O-])S(=O)C1CC1. The minimum atomic E-state index is -1.96. The molecule has 2 saturated carbocycles. The average molecular weight is 524 g/mol. The number of nitrogens with zero attached hydrogens (tertiary/aromatic N) is 2. The van der Waals surface area contributed by atoms with Gasteiger partial charge in [0.15, 0.2) is 0 Å². The van der Waals surface area contributed by atoms with Gasteiger partial charge in [-0.25, -0.2) is 13.0 Å². The third kappa shape index (κ3) is 5.69. The van der Waals surface area contributed by atoms with E-state index in [1.54, 1.807) is 0 Å². The maximum atomic E-state index is 15.0. The van der Waals surface area contributed by atoms with Crippen LogP contribution in [-0.4, -0.2) is 43.9 Å². The minimum Gasteiger partial charge on any atom is -0.744 e. The first-order chi connectivity index (χ1) is 16.8. The Labute approximate surface area is 210 Å². The lowest BCUT2D eigenvalue weighted by molar-refractivity contribution is 0.0896. The van der Waals surface area contributed by atoms with E-state index in [2.05, 4.69) is 4.90 Å². The molecule has 2 aromatic carbocycles. The van der Waals surface area contributed by atoms with Crippen molar-refractivity contribution in [2.24, 2.45) is 0 Å². The molecule has 3 fully saturated rings. The molecule has 3 aliphatic rings. The van der Waals surface area contributed by atoms with Crippen molar-refractivity contribution >= 4 is 28.5 Å². The number of likely N-dealkylation sites (tertiary alicyclic amines) is 1. The molecular weight excluding hydrogens is 498 g/mol. The molecule has 1 aliphatic heterocycles. The number of ether oxygens (including phenoxy) is 1. The zero-order chi connectivity index (χ0) is 24.7. The number of carbonyl (C=O) groups excluding carboxylic acids is 1. The molecular formula is C25H26ClF2N2O4S-. The summed E-state index contributed by atoms with van der Waals surface area (Å²) in [5.41, 5.74) is 1.39. The molecule has 1 saturated heterocycles. The van der Waals surface area contributed by atoms with E-state index < -0.39 is 28.5 Å². The molecule has 6 nitrogen and oxygen atoms in total. The van der Waals surface area contributed by atoms with Gasteiger partial charge in [0.25, 0.3) is 5.91 Å². The van der Waals surface area contributed by atoms with E-state index in [1.807, 2.05) is 0 Å². The molecule has 1 amide bonds. The topological polar surface area (TPSA) is 72.9 Å². The largest absolute Gasteiger partial charge is 0.744 e. The second-order valence-electron chi connectivity index (χ2n) is 9.51. The smallest absolute Gasteiger partial charge is 0.258 e. The first-order valence-corrected chi connectivity index (χ1v) is 13.4. The highest BCUT2D eigenvalue weighted by molar-refractivity contribution is 7.84. The predicted molar refractivity (Wildman–Crippen MR) is 129 cm³/mol. The second kappa shape index (κ2) is 10.1. The maximum absolute atomic E-state index is 15.0. The van der Waals surface area contributed by atoms with Crippen LogP contribution < -0.4 is 4.74 Å². The van der Waals surface area contributed by atoms with E-state index in [4.69, 9.17) is 16.3 Å². The van der Waals surface area contributed by atoms with Crippen molar-refractivity contribution in [1.82, 2.24) is 9.37 Å². The highest BCUT2D eigenvalue weighted by atomic mass is 35.5. The zero-order valence-corrected chi connectivity index (χ0v) is 20.6. The molecule has 2 aliphatic carbocycles. The third-order valence-electron chi connectivity index (χ3n) is 6.73. The molecule has 0 spiro atoms. The van der Waals surface area contributed by atoms with Gasteiger partial charge < -0.3 is 14.4 Å². The number of carbonyl (C=O) groups is 1. The number of hydrogen-bond donors (Lipinski definition) is 0. The van der Waals surface area contributed by atoms with Gasteiger partial charge in [-0.2, -0.15) is 0 Å². The van der Waals surface area contributed by atoms with Crippen LogP contribution in [0.1, 0.15) is 65.9 Å². The molecule has 1 heterocycles. The maximum Gasteiger partial charge on any atom is 0.258 e. The summed E-state index contributed by atoms with van der Waals surface area (Å²) in [7, 11) is -1.96. The Morgan fingerprint density at radius 3 is 2.46 bits per heavy atom. The summed E-state index contributed by atoms with van der Waals surface area (Å²) in [4.78, 5) is 14.8. The highest BCUT2D eigenvalue weighted by Gasteiger charge is 2.34. The number of benzene rings is 2. The molecule has 0 N–H and O–H groups in total. The molecule has 1 atom stereocenters. The highest BCUT2D eigenvalue weighted by Crippen LogP contribution is 2.43. The lowest BCUT2D eigenvalue weighted by Gasteiger charge is -2.33. The first-order valence-electron chi connectivity index (χ1n) is 11.9. The molecule has 35 heavy (non-hydrogen) atoms. The van der Waals surface area contributed by atoms with Gasteiger partial charge in [-0.1, -0.05) is 11.6 Å². The van der Waals surface area contributed by atoms with Crippen LogP contribution in [0.3, 0.4) is 0 Å². The number of amides is 1. The molecule has 0 aromatic heterocycles. The summed E-state index contributed by atoms with van der Waals surface area (Å²) < 4.78 is 46.2. The molecule has 2 aromatic rings. The molecule has 5 rings (SSSR count). The van der Waals surface area contributed by atoms with Crippen molar-refractivity contribution in [2.75, 3.05) is 13.1 Å². The number of piperidine rings is 1.